The van der Waals surface area contributed by atoms with Gasteiger partial charge < -0.3 is 15.2 Å². The van der Waals surface area contributed by atoms with Crippen LogP contribution in [0.4, 0.5) is 5.69 Å². The summed E-state index contributed by atoms with van der Waals surface area (Å²) in [5.41, 5.74) is 0.684. The minimum Gasteiger partial charge on any atom is -0.494 e. The lowest BCUT2D eigenvalue weighted by Crippen LogP contribution is -2.11. The topological polar surface area (TPSA) is 75.6 Å². The third-order valence-electron chi connectivity index (χ3n) is 2.41. The largest absolute Gasteiger partial charge is 0.494 e. The maximum absolute atomic E-state index is 11.5. The van der Waals surface area contributed by atoms with Crippen molar-refractivity contribution in [2.45, 2.75) is 32.6 Å². The summed E-state index contributed by atoms with van der Waals surface area (Å²) in [7, 11) is 0. The molecule has 5 heteroatoms. The molecule has 0 radical (unpaired) electrons. The fourth-order valence-electron chi connectivity index (χ4n) is 1.48. The predicted molar refractivity (Wildman–Crippen MR) is 72.3 cm³/mol. The standard InChI is InChI=1S/C14H19NO4/c1-2-10-19-12-8-6-11(7-9-12)15-13(16)4-3-5-14(17)18/h6-9H,2-5,10H2,1H3,(H,15,16)(H,17,18). The number of hydrogen-bond acceptors (Lipinski definition) is 3. The van der Waals surface area contributed by atoms with Gasteiger partial charge in [-0.15, -0.1) is 0 Å². The molecule has 1 rings (SSSR count). The third-order valence-corrected chi connectivity index (χ3v) is 2.41. The number of benzene rings is 1. The first-order chi connectivity index (χ1) is 9.11. The number of carboxylic acid groups (broad SMARTS) is 1. The van der Waals surface area contributed by atoms with E-state index in [9.17, 15) is 9.59 Å². The third kappa shape index (κ3) is 6.45. The summed E-state index contributed by atoms with van der Waals surface area (Å²) >= 11 is 0. The molecule has 0 atom stereocenters. The smallest absolute Gasteiger partial charge is 0.303 e. The molecule has 0 saturated heterocycles. The Morgan fingerprint density at radius 2 is 1.89 bits per heavy atom. The fourth-order valence-corrected chi connectivity index (χ4v) is 1.48. The maximum Gasteiger partial charge on any atom is 0.303 e. The minimum absolute atomic E-state index is 0.0111. The summed E-state index contributed by atoms with van der Waals surface area (Å²) in [4.78, 5) is 21.8. The molecule has 0 aliphatic heterocycles. The van der Waals surface area contributed by atoms with Crippen molar-refractivity contribution >= 4 is 17.6 Å². The zero-order chi connectivity index (χ0) is 14.1. The number of hydrogen-bond donors (Lipinski definition) is 2. The van der Waals surface area contributed by atoms with Crippen LogP contribution in [-0.4, -0.2) is 23.6 Å². The van der Waals surface area contributed by atoms with E-state index in [1.165, 1.54) is 0 Å². The SMILES string of the molecule is CCCOc1ccc(NC(=O)CCCC(=O)O)cc1. The minimum atomic E-state index is -0.884. The van der Waals surface area contributed by atoms with Crippen molar-refractivity contribution in [2.75, 3.05) is 11.9 Å². The molecule has 1 amide bonds. The molecular formula is C14H19NO4. The molecular weight excluding hydrogens is 246 g/mol. The van der Waals surface area contributed by atoms with Crippen LogP contribution >= 0.6 is 0 Å². The van der Waals surface area contributed by atoms with Gasteiger partial charge in [0, 0.05) is 18.5 Å². The van der Waals surface area contributed by atoms with Crippen LogP contribution in [0.25, 0.3) is 0 Å². The number of amides is 1. The molecule has 0 spiro atoms. The van der Waals surface area contributed by atoms with Gasteiger partial charge in [0.15, 0.2) is 0 Å². The van der Waals surface area contributed by atoms with Gasteiger partial charge in [-0.05, 0) is 37.1 Å². The van der Waals surface area contributed by atoms with Gasteiger partial charge in [-0.3, -0.25) is 9.59 Å². The molecule has 2 N–H and O–H groups in total. The number of carbonyl (C=O) groups is 2. The van der Waals surface area contributed by atoms with Crippen molar-refractivity contribution in [2.24, 2.45) is 0 Å². The van der Waals surface area contributed by atoms with Crippen LogP contribution in [-0.2, 0) is 9.59 Å². The van der Waals surface area contributed by atoms with Gasteiger partial charge in [-0.2, -0.15) is 0 Å². The number of anilines is 1. The second-order valence-corrected chi connectivity index (χ2v) is 4.17. The lowest BCUT2D eigenvalue weighted by atomic mass is 10.2. The van der Waals surface area contributed by atoms with Gasteiger partial charge in [0.05, 0.1) is 6.61 Å². The molecule has 0 unspecified atom stereocenters. The van der Waals surface area contributed by atoms with E-state index in [2.05, 4.69) is 5.32 Å². The summed E-state index contributed by atoms with van der Waals surface area (Å²) in [6.07, 6.45) is 1.51. The molecule has 0 aliphatic carbocycles. The van der Waals surface area contributed by atoms with Crippen LogP contribution in [0.1, 0.15) is 32.6 Å². The van der Waals surface area contributed by atoms with Crippen molar-refractivity contribution in [1.82, 2.24) is 0 Å². The van der Waals surface area contributed by atoms with E-state index in [-0.39, 0.29) is 18.7 Å². The molecule has 0 fully saturated rings. The fraction of sp³-hybridized carbons (Fsp3) is 0.429. The molecule has 0 saturated carbocycles. The summed E-state index contributed by atoms with van der Waals surface area (Å²) in [5.74, 6) is -0.292. The number of carboxylic acids is 1. The van der Waals surface area contributed by atoms with E-state index in [0.29, 0.717) is 18.7 Å². The van der Waals surface area contributed by atoms with Gasteiger partial charge in [0.1, 0.15) is 5.75 Å². The lowest BCUT2D eigenvalue weighted by Gasteiger charge is -2.07. The highest BCUT2D eigenvalue weighted by atomic mass is 16.5. The first kappa shape index (κ1) is 15.0. The molecule has 0 bridgehead atoms. The molecule has 0 heterocycles. The zero-order valence-electron chi connectivity index (χ0n) is 11.0. The van der Waals surface area contributed by atoms with E-state index in [1.807, 2.05) is 6.92 Å². The highest BCUT2D eigenvalue weighted by Crippen LogP contribution is 2.16. The Labute approximate surface area is 112 Å². The van der Waals surface area contributed by atoms with E-state index in [0.717, 1.165) is 12.2 Å². The average molecular weight is 265 g/mol. The van der Waals surface area contributed by atoms with Crippen LogP contribution in [0.15, 0.2) is 24.3 Å². The Balaban J connectivity index is 2.35. The summed E-state index contributed by atoms with van der Waals surface area (Å²) in [6.45, 7) is 2.70. The Bertz CT molecular complexity index is 414. The average Bonchev–Trinajstić information content (AvgIpc) is 2.37. The van der Waals surface area contributed by atoms with E-state index in [4.69, 9.17) is 9.84 Å². The molecule has 104 valence electrons. The van der Waals surface area contributed by atoms with Crippen molar-refractivity contribution < 1.29 is 19.4 Å². The van der Waals surface area contributed by atoms with Crippen LogP contribution in [0, 0.1) is 0 Å². The van der Waals surface area contributed by atoms with Crippen molar-refractivity contribution in [3.8, 4) is 5.75 Å². The van der Waals surface area contributed by atoms with Crippen molar-refractivity contribution in [1.29, 1.82) is 0 Å². The molecule has 0 aliphatic rings. The number of rotatable bonds is 8. The highest BCUT2D eigenvalue weighted by molar-refractivity contribution is 5.90. The van der Waals surface area contributed by atoms with Gasteiger partial charge in [0.25, 0.3) is 0 Å². The number of nitrogens with one attached hydrogen (secondary N) is 1. The van der Waals surface area contributed by atoms with Gasteiger partial charge in [-0.1, -0.05) is 6.92 Å². The molecule has 5 nitrogen and oxygen atoms in total. The van der Waals surface area contributed by atoms with Crippen LogP contribution < -0.4 is 10.1 Å². The van der Waals surface area contributed by atoms with E-state index >= 15 is 0 Å². The van der Waals surface area contributed by atoms with Crippen LogP contribution in [0.2, 0.25) is 0 Å². The van der Waals surface area contributed by atoms with Gasteiger partial charge >= 0.3 is 5.97 Å². The number of carbonyl (C=O) groups excluding carboxylic acids is 1. The molecule has 19 heavy (non-hydrogen) atoms. The molecule has 0 aromatic heterocycles. The number of ether oxygens (including phenoxy) is 1. The van der Waals surface area contributed by atoms with Crippen molar-refractivity contribution in [3.63, 3.8) is 0 Å². The highest BCUT2D eigenvalue weighted by Gasteiger charge is 2.04. The maximum atomic E-state index is 11.5. The number of aliphatic carboxylic acids is 1. The first-order valence-electron chi connectivity index (χ1n) is 6.36. The Morgan fingerprint density at radius 1 is 1.21 bits per heavy atom. The van der Waals surface area contributed by atoms with Crippen LogP contribution in [0.3, 0.4) is 0 Å². The predicted octanol–water partition coefficient (Wildman–Crippen LogP) is 2.67. The van der Waals surface area contributed by atoms with Gasteiger partial charge in [0.2, 0.25) is 5.91 Å². The second kappa shape index (κ2) is 8.13. The Hall–Kier alpha value is -2.04. The molecule has 1 aromatic rings. The van der Waals surface area contributed by atoms with Gasteiger partial charge in [-0.25, -0.2) is 0 Å². The lowest BCUT2D eigenvalue weighted by molar-refractivity contribution is -0.137. The first-order valence-corrected chi connectivity index (χ1v) is 6.36. The molecule has 1 aromatic carbocycles. The summed E-state index contributed by atoms with van der Waals surface area (Å²) in [5, 5.41) is 11.2. The van der Waals surface area contributed by atoms with E-state index < -0.39 is 5.97 Å². The normalized spacial score (nSPS) is 9.95. The Morgan fingerprint density at radius 3 is 2.47 bits per heavy atom. The summed E-state index contributed by atoms with van der Waals surface area (Å²) < 4.78 is 5.43. The summed E-state index contributed by atoms with van der Waals surface area (Å²) in [6, 6.07) is 7.12. The monoisotopic (exact) mass is 265 g/mol. The Kier molecular flexibility index (Phi) is 6.43. The quantitative estimate of drug-likeness (QED) is 0.757. The van der Waals surface area contributed by atoms with E-state index in [1.54, 1.807) is 24.3 Å². The van der Waals surface area contributed by atoms with Crippen molar-refractivity contribution in [3.05, 3.63) is 24.3 Å². The zero-order valence-corrected chi connectivity index (χ0v) is 11.0. The second-order valence-electron chi connectivity index (χ2n) is 4.17. The van der Waals surface area contributed by atoms with Crippen LogP contribution in [0.5, 0.6) is 5.75 Å².